The zero-order valence-corrected chi connectivity index (χ0v) is 73.3. The lowest BCUT2D eigenvalue weighted by Gasteiger charge is -2.21. The molecule has 0 rings (SSSR count). The molecule has 0 aromatic carbocycles. The second-order valence-electron chi connectivity index (χ2n) is 30.0. The molecule has 16 nitrogen and oxygen atoms in total. The summed E-state index contributed by atoms with van der Waals surface area (Å²) in [5.41, 5.74) is 0. The predicted molar refractivity (Wildman–Crippen MR) is 473 cm³/mol. The summed E-state index contributed by atoms with van der Waals surface area (Å²) < 4.78 is 61.4. The number of rotatable bonds is 85. The van der Waals surface area contributed by atoms with Crippen molar-refractivity contribution in [1.82, 2.24) is 0 Å². The largest absolute Gasteiger partial charge is 0.472 e. The third kappa shape index (κ3) is 88.1. The number of unbranched alkanes of at least 4 members (excludes halogenated alkanes) is 38. The monoisotopic (exact) mass is 1620 g/mol. The molecule has 0 aliphatic rings. The van der Waals surface area contributed by atoms with Crippen molar-refractivity contribution in [3.05, 3.63) is 146 Å². The van der Waals surface area contributed by atoms with E-state index in [-0.39, 0.29) is 19.3 Å². The van der Waals surface area contributed by atoms with E-state index in [1.54, 1.807) is 0 Å². The van der Waals surface area contributed by atoms with Crippen LogP contribution < -0.4 is 0 Å². The summed E-state index contributed by atoms with van der Waals surface area (Å²) in [6.45, 7) is 2.54. The zero-order valence-electron chi connectivity index (χ0n) is 71.5. The molecule has 0 spiro atoms. The lowest BCUT2D eigenvalue weighted by molar-refractivity contribution is -0.161. The smallest absolute Gasteiger partial charge is 0.463 e. The van der Waals surface area contributed by atoms with Gasteiger partial charge in [-0.25, -0.2) is 9.13 Å². The van der Waals surface area contributed by atoms with Crippen molar-refractivity contribution < 1.29 is 75.8 Å². The highest BCUT2D eigenvalue weighted by atomic mass is 31.2. The van der Waals surface area contributed by atoms with Gasteiger partial charge in [0.15, 0.2) is 6.10 Å². The molecule has 0 radical (unpaired) electrons. The van der Waals surface area contributed by atoms with Crippen LogP contribution in [0.25, 0.3) is 0 Å². The minimum atomic E-state index is -4.94. The van der Waals surface area contributed by atoms with E-state index < -0.39 is 91.5 Å². The van der Waals surface area contributed by atoms with Gasteiger partial charge in [-0.1, -0.05) is 359 Å². The molecule has 0 bridgehead atoms. The molecule has 0 saturated heterocycles. The number of carbonyl (C=O) groups excluding carboxylic acids is 3. The second-order valence-corrected chi connectivity index (χ2v) is 32.9. The number of aliphatic hydroxyl groups is 2. The number of ether oxygens (including phenoxy) is 3. The fourth-order valence-corrected chi connectivity index (χ4v) is 13.8. The Bertz CT molecular complexity index is 2630. The fourth-order valence-electron chi connectivity index (χ4n) is 12.2. The minimum absolute atomic E-state index is 0.0880. The standard InChI is InChI=1S/C95H164O16P2/c1-4-7-10-13-16-19-22-25-28-31-34-36-38-40-42-44-46-48-50-52-55-57-60-63-66-69-72-75-78-81-93(98)105-84-90(96)85-107-112(101,102)108-86-91(97)87-109-113(103,104)110-89-92(111-95(100)83-80-77-74-71-68-65-62-59-54-33-30-27-24-21-18-15-12-9-6-3)88-106-94(99)82-79-76-73-70-67-64-61-58-56-53-51-49-47-45-43-41-39-37-35-32-29-26-23-20-17-14-11-8-5-2/h7,10,16-21,25-30,34-37,40-43,54,59,90-92,96-97H,4-6,8-9,11-15,22-24,31-33,38-39,44-53,55-58,60-89H2,1-3H3,(H,101,102)(H,103,104)/b10-7-,19-16-,20-17-,21-18-,28-25-,29-26-,30-27-,36-34-,37-35-,42-40-,43-41-,59-54-. The van der Waals surface area contributed by atoms with Crippen LogP contribution in [0.15, 0.2) is 146 Å². The van der Waals surface area contributed by atoms with Gasteiger partial charge in [0.2, 0.25) is 0 Å². The van der Waals surface area contributed by atoms with E-state index in [9.17, 15) is 43.5 Å². The first-order valence-corrected chi connectivity index (χ1v) is 48.1. The normalized spacial score (nSPS) is 14.5. The Labute approximate surface area is 689 Å². The van der Waals surface area contributed by atoms with Crippen LogP contribution in [0.2, 0.25) is 0 Å². The highest BCUT2D eigenvalue weighted by Gasteiger charge is 2.29. The van der Waals surface area contributed by atoms with E-state index in [4.69, 9.17) is 32.3 Å². The molecule has 650 valence electrons. The highest BCUT2D eigenvalue weighted by Crippen LogP contribution is 2.45. The Hall–Kier alpha value is -4.57. The van der Waals surface area contributed by atoms with Gasteiger partial charge in [-0.3, -0.25) is 32.5 Å². The van der Waals surface area contributed by atoms with Crippen LogP contribution in [0.5, 0.6) is 0 Å². The summed E-state index contributed by atoms with van der Waals surface area (Å²) in [6, 6.07) is 0. The molecular weight excluding hydrogens is 1460 g/mol. The van der Waals surface area contributed by atoms with Crippen LogP contribution in [0, 0.1) is 0 Å². The zero-order chi connectivity index (χ0) is 82.2. The summed E-state index contributed by atoms with van der Waals surface area (Å²) >= 11 is 0. The Morgan fingerprint density at radius 3 is 0.743 bits per heavy atom. The van der Waals surface area contributed by atoms with Crippen LogP contribution in [0.4, 0.5) is 0 Å². The summed E-state index contributed by atoms with van der Waals surface area (Å²) in [6.07, 6.45) is 109. The van der Waals surface area contributed by atoms with Gasteiger partial charge in [0.25, 0.3) is 0 Å². The molecule has 0 saturated carbocycles. The van der Waals surface area contributed by atoms with Gasteiger partial charge in [-0.2, -0.15) is 0 Å². The first kappa shape index (κ1) is 108. The SMILES string of the molecule is CC/C=C\C/C=C\C/C=C\C/C=C\C/C=C\CCCCCCCCCCCCCCCC(=O)OCC(O)COP(=O)(O)OCC(O)COP(=O)(O)OCC(COC(=O)CCCCCCCCCCCCCCC/C=C\C/C=C\C/C=C\C/C=C\CCCCC)OC(=O)CCCCCCCC/C=C\C/C=C\C/C=C\CCCCC. The van der Waals surface area contributed by atoms with Gasteiger partial charge < -0.3 is 34.2 Å². The van der Waals surface area contributed by atoms with Crippen molar-refractivity contribution >= 4 is 33.6 Å². The summed E-state index contributed by atoms with van der Waals surface area (Å²) in [4.78, 5) is 58.9. The van der Waals surface area contributed by atoms with Crippen molar-refractivity contribution in [2.75, 3.05) is 39.6 Å². The Morgan fingerprint density at radius 1 is 0.257 bits per heavy atom. The molecule has 0 aromatic heterocycles. The molecule has 0 aliphatic carbocycles. The number of phosphoric acid groups is 2. The van der Waals surface area contributed by atoms with E-state index in [1.165, 1.54) is 154 Å². The first-order chi connectivity index (χ1) is 55.2. The number of esters is 3. The molecule has 18 heteroatoms. The Kier molecular flexibility index (Phi) is 83.3. The Balaban J connectivity index is 4.59. The Morgan fingerprint density at radius 2 is 0.469 bits per heavy atom. The van der Waals surface area contributed by atoms with E-state index >= 15 is 0 Å². The van der Waals surface area contributed by atoms with Crippen molar-refractivity contribution in [1.29, 1.82) is 0 Å². The molecule has 0 aromatic rings. The van der Waals surface area contributed by atoms with Crippen molar-refractivity contribution in [2.45, 2.75) is 399 Å². The summed E-state index contributed by atoms with van der Waals surface area (Å²) in [5, 5.41) is 20.7. The topological polar surface area (TPSA) is 231 Å². The number of allylic oxidation sites excluding steroid dienone is 24. The predicted octanol–water partition coefficient (Wildman–Crippen LogP) is 27.6. The van der Waals surface area contributed by atoms with Crippen molar-refractivity contribution in [3.63, 3.8) is 0 Å². The first-order valence-electron chi connectivity index (χ1n) is 45.1. The minimum Gasteiger partial charge on any atom is -0.463 e. The maximum atomic E-state index is 13.0. The van der Waals surface area contributed by atoms with Gasteiger partial charge in [0.1, 0.15) is 25.4 Å². The maximum absolute atomic E-state index is 13.0. The van der Waals surface area contributed by atoms with Crippen LogP contribution >= 0.6 is 15.6 Å². The molecule has 0 amide bonds. The second kappa shape index (κ2) is 86.8. The summed E-state index contributed by atoms with van der Waals surface area (Å²) in [7, 11) is -9.81. The number of phosphoric ester groups is 2. The van der Waals surface area contributed by atoms with Gasteiger partial charge in [0, 0.05) is 19.3 Å². The lowest BCUT2D eigenvalue weighted by Crippen LogP contribution is -2.30. The number of hydrogen-bond acceptors (Lipinski definition) is 14. The molecule has 0 heterocycles. The molecule has 113 heavy (non-hydrogen) atoms. The quantitative estimate of drug-likeness (QED) is 0.0146. The maximum Gasteiger partial charge on any atom is 0.472 e. The van der Waals surface area contributed by atoms with E-state index in [2.05, 4.69) is 167 Å². The molecular formula is C95H164O16P2. The third-order valence-electron chi connectivity index (χ3n) is 19.0. The lowest BCUT2D eigenvalue weighted by atomic mass is 10.0. The average molecular weight is 1620 g/mol. The number of aliphatic hydroxyl groups excluding tert-OH is 2. The van der Waals surface area contributed by atoms with E-state index in [0.29, 0.717) is 19.3 Å². The van der Waals surface area contributed by atoms with Gasteiger partial charge in [-0.05, 0) is 148 Å². The number of carbonyl (C=O) groups is 3. The fraction of sp³-hybridized carbons (Fsp3) is 0.716. The van der Waals surface area contributed by atoms with Gasteiger partial charge in [0.05, 0.1) is 26.4 Å². The third-order valence-corrected chi connectivity index (χ3v) is 20.9. The van der Waals surface area contributed by atoms with Crippen molar-refractivity contribution in [3.8, 4) is 0 Å². The van der Waals surface area contributed by atoms with Gasteiger partial charge >= 0.3 is 33.6 Å². The molecule has 5 unspecified atom stereocenters. The van der Waals surface area contributed by atoms with Gasteiger partial charge in [-0.15, -0.1) is 0 Å². The molecule has 5 atom stereocenters. The average Bonchev–Trinajstić information content (AvgIpc) is 0.899. The van der Waals surface area contributed by atoms with Crippen LogP contribution in [0.3, 0.4) is 0 Å². The van der Waals surface area contributed by atoms with Crippen LogP contribution in [0.1, 0.15) is 380 Å². The van der Waals surface area contributed by atoms with E-state index in [1.807, 2.05) is 0 Å². The molecule has 0 fully saturated rings. The summed E-state index contributed by atoms with van der Waals surface area (Å²) in [5.74, 6) is -1.58. The van der Waals surface area contributed by atoms with Crippen LogP contribution in [-0.4, -0.2) is 95.9 Å². The molecule has 0 aliphatic heterocycles. The molecule has 4 N–H and O–H groups in total. The number of hydrogen-bond donors (Lipinski definition) is 4. The van der Waals surface area contributed by atoms with Crippen LogP contribution in [-0.2, 0) is 55.8 Å². The van der Waals surface area contributed by atoms with Crippen molar-refractivity contribution in [2.24, 2.45) is 0 Å². The highest BCUT2D eigenvalue weighted by molar-refractivity contribution is 7.47. The van der Waals surface area contributed by atoms with E-state index in [0.717, 1.165) is 167 Å².